The third kappa shape index (κ3) is 4.38. The summed E-state index contributed by atoms with van der Waals surface area (Å²) in [5.74, 6) is 0.967. The molecule has 5 rings (SSSR count). The summed E-state index contributed by atoms with van der Waals surface area (Å²) in [4.78, 5) is 40.5. The zero-order valence-electron chi connectivity index (χ0n) is 21.3. The number of aryl methyl sites for hydroxylation is 2. The van der Waals surface area contributed by atoms with Crippen molar-refractivity contribution in [3.63, 3.8) is 0 Å². The molecule has 2 aliphatic heterocycles. The van der Waals surface area contributed by atoms with Crippen LogP contribution >= 0.6 is 0 Å². The van der Waals surface area contributed by atoms with Crippen LogP contribution in [0.2, 0.25) is 0 Å². The number of likely N-dealkylation sites (tertiary alicyclic amines) is 1. The van der Waals surface area contributed by atoms with Gasteiger partial charge < -0.3 is 18.6 Å². The number of benzene rings is 1. The Hall–Kier alpha value is -3.61. The van der Waals surface area contributed by atoms with Crippen molar-refractivity contribution in [2.75, 3.05) is 19.7 Å². The van der Waals surface area contributed by atoms with Crippen LogP contribution in [-0.4, -0.2) is 35.1 Å². The molecule has 7 heteroatoms. The maximum absolute atomic E-state index is 13.4. The van der Waals surface area contributed by atoms with E-state index in [1.54, 1.807) is 12.1 Å². The number of amides is 1. The molecule has 188 valence electrons. The monoisotopic (exact) mass is 488 g/mol. The maximum Gasteiger partial charge on any atom is 0.340 e. The second kappa shape index (κ2) is 9.45. The van der Waals surface area contributed by atoms with Crippen LogP contribution in [0.3, 0.4) is 0 Å². The first-order valence-corrected chi connectivity index (χ1v) is 12.5. The number of pyridine rings is 1. The molecule has 0 aliphatic carbocycles. The van der Waals surface area contributed by atoms with E-state index in [-0.39, 0.29) is 29.7 Å². The van der Waals surface area contributed by atoms with E-state index in [9.17, 15) is 14.4 Å². The van der Waals surface area contributed by atoms with Gasteiger partial charge in [0.1, 0.15) is 17.9 Å². The fraction of sp³-hybridized carbons (Fsp3) is 0.414. The topological polar surface area (TPSA) is 81.8 Å². The summed E-state index contributed by atoms with van der Waals surface area (Å²) in [6.07, 6.45) is 2.97. The normalized spacial score (nSPS) is 18.6. The van der Waals surface area contributed by atoms with Crippen LogP contribution in [0.5, 0.6) is 5.75 Å². The SMILES string of the molecule is CC(C)=CCOc1ccc2c(C)c(CC(=O)N3C[C@@H]4C[C@H](C3)c3cccc(=O)n3C4)c(=O)oc2c1C. The van der Waals surface area contributed by atoms with Gasteiger partial charge in [-0.15, -0.1) is 0 Å². The molecule has 7 nitrogen and oxygen atoms in total. The molecule has 0 saturated carbocycles. The second-order valence-electron chi connectivity index (χ2n) is 10.3. The molecule has 4 heterocycles. The van der Waals surface area contributed by atoms with Crippen molar-refractivity contribution in [2.24, 2.45) is 5.92 Å². The van der Waals surface area contributed by atoms with Crippen LogP contribution in [0, 0.1) is 19.8 Å². The van der Waals surface area contributed by atoms with Crippen molar-refractivity contribution in [2.45, 2.75) is 53.0 Å². The third-order valence-electron chi connectivity index (χ3n) is 7.54. The van der Waals surface area contributed by atoms with Crippen LogP contribution in [0.4, 0.5) is 0 Å². The number of fused-ring (bicyclic) bond motifs is 5. The largest absolute Gasteiger partial charge is 0.489 e. The van der Waals surface area contributed by atoms with Gasteiger partial charge in [-0.2, -0.15) is 0 Å². The number of carbonyl (C=O) groups is 1. The van der Waals surface area contributed by atoms with Gasteiger partial charge in [-0.1, -0.05) is 11.6 Å². The summed E-state index contributed by atoms with van der Waals surface area (Å²) in [7, 11) is 0. The second-order valence-corrected chi connectivity index (χ2v) is 10.3. The standard InChI is InChI=1S/C29H32N2O5/c1-17(2)10-11-35-25-9-8-22-18(3)23(29(34)36-28(22)19(25)4)13-27(33)30-14-20-12-21(16-30)24-6-5-7-26(32)31(24)15-20/h5-10,20-21H,11-16H2,1-4H3/t20-,21+/m0/s1. The van der Waals surface area contributed by atoms with E-state index in [0.29, 0.717) is 43.1 Å². The van der Waals surface area contributed by atoms with Crippen LogP contribution in [0.15, 0.2) is 56.0 Å². The Morgan fingerprint density at radius 2 is 1.89 bits per heavy atom. The van der Waals surface area contributed by atoms with E-state index >= 15 is 0 Å². The molecular formula is C29H32N2O5. The molecule has 36 heavy (non-hydrogen) atoms. The first kappa shape index (κ1) is 24.1. The summed E-state index contributed by atoms with van der Waals surface area (Å²) in [6, 6.07) is 9.15. The molecule has 2 bridgehead atoms. The number of nitrogens with zero attached hydrogens (tertiary/aromatic N) is 2. The highest BCUT2D eigenvalue weighted by Crippen LogP contribution is 2.35. The molecule has 0 radical (unpaired) electrons. The van der Waals surface area contributed by atoms with E-state index in [1.807, 2.05) is 61.4 Å². The lowest BCUT2D eigenvalue weighted by molar-refractivity contribution is -0.133. The minimum absolute atomic E-state index is 0.00299. The Balaban J connectivity index is 1.39. The Bertz CT molecular complexity index is 1490. The van der Waals surface area contributed by atoms with Crippen LogP contribution in [0.1, 0.15) is 48.6 Å². The Kier molecular flexibility index (Phi) is 6.33. The average Bonchev–Trinajstić information content (AvgIpc) is 2.84. The number of carbonyl (C=O) groups excluding carboxylic acids is 1. The van der Waals surface area contributed by atoms with Crippen molar-refractivity contribution >= 4 is 16.9 Å². The molecule has 0 unspecified atom stereocenters. The summed E-state index contributed by atoms with van der Waals surface area (Å²) >= 11 is 0. The summed E-state index contributed by atoms with van der Waals surface area (Å²) < 4.78 is 13.4. The number of hydrogen-bond acceptors (Lipinski definition) is 5. The predicted octanol–water partition coefficient (Wildman–Crippen LogP) is 4.10. The Labute approximate surface area is 210 Å². The third-order valence-corrected chi connectivity index (χ3v) is 7.54. The van der Waals surface area contributed by atoms with Crippen molar-refractivity contribution < 1.29 is 13.9 Å². The summed E-state index contributed by atoms with van der Waals surface area (Å²) in [6.45, 7) is 10.0. The van der Waals surface area contributed by atoms with Crippen molar-refractivity contribution in [1.29, 1.82) is 0 Å². The van der Waals surface area contributed by atoms with Gasteiger partial charge in [0.05, 0.1) is 12.0 Å². The Morgan fingerprint density at radius 1 is 1.08 bits per heavy atom. The van der Waals surface area contributed by atoms with Gasteiger partial charge in [-0.3, -0.25) is 9.59 Å². The quantitative estimate of drug-likeness (QED) is 0.399. The molecule has 1 amide bonds. The summed E-state index contributed by atoms with van der Waals surface area (Å²) in [5, 5.41) is 0.813. The number of hydrogen-bond donors (Lipinski definition) is 0. The van der Waals surface area contributed by atoms with Gasteiger partial charge in [0.25, 0.3) is 5.56 Å². The molecule has 2 aromatic heterocycles. The number of aromatic nitrogens is 1. The smallest absolute Gasteiger partial charge is 0.340 e. The van der Waals surface area contributed by atoms with Gasteiger partial charge in [0.15, 0.2) is 0 Å². The van der Waals surface area contributed by atoms with Crippen molar-refractivity contribution in [3.8, 4) is 5.75 Å². The highest BCUT2D eigenvalue weighted by Gasteiger charge is 2.36. The number of allylic oxidation sites excluding steroid dienone is 1. The summed E-state index contributed by atoms with van der Waals surface area (Å²) in [5.41, 5.74) is 4.14. The molecule has 0 N–H and O–H groups in total. The van der Waals surface area contributed by atoms with Crippen molar-refractivity contribution in [3.05, 3.63) is 85.1 Å². The lowest BCUT2D eigenvalue weighted by Crippen LogP contribution is -2.49. The van der Waals surface area contributed by atoms with Gasteiger partial charge in [0.2, 0.25) is 5.91 Å². The predicted molar refractivity (Wildman–Crippen MR) is 139 cm³/mol. The molecule has 2 atom stereocenters. The van der Waals surface area contributed by atoms with Crippen LogP contribution in [-0.2, 0) is 17.8 Å². The highest BCUT2D eigenvalue weighted by atomic mass is 16.5. The van der Waals surface area contributed by atoms with Gasteiger partial charge in [-0.25, -0.2) is 4.79 Å². The van der Waals surface area contributed by atoms with E-state index in [4.69, 9.17) is 9.15 Å². The molecule has 2 aliphatic rings. The van der Waals surface area contributed by atoms with E-state index in [0.717, 1.165) is 28.6 Å². The maximum atomic E-state index is 13.4. The van der Waals surface area contributed by atoms with Crippen molar-refractivity contribution in [1.82, 2.24) is 9.47 Å². The highest BCUT2D eigenvalue weighted by molar-refractivity contribution is 5.87. The lowest BCUT2D eigenvalue weighted by Gasteiger charge is -2.42. The first-order valence-electron chi connectivity index (χ1n) is 12.5. The van der Waals surface area contributed by atoms with E-state index in [1.165, 1.54) is 5.57 Å². The number of piperidine rings is 1. The molecule has 1 fully saturated rings. The lowest BCUT2D eigenvalue weighted by atomic mass is 9.83. The van der Waals surface area contributed by atoms with E-state index in [2.05, 4.69) is 0 Å². The Morgan fingerprint density at radius 3 is 2.67 bits per heavy atom. The molecular weight excluding hydrogens is 456 g/mol. The number of ether oxygens (including phenoxy) is 1. The zero-order valence-corrected chi connectivity index (χ0v) is 21.3. The fourth-order valence-electron chi connectivity index (χ4n) is 5.59. The van der Waals surface area contributed by atoms with E-state index < -0.39 is 5.63 Å². The van der Waals surface area contributed by atoms with Crippen LogP contribution < -0.4 is 15.9 Å². The minimum Gasteiger partial charge on any atom is -0.489 e. The molecule has 0 spiro atoms. The molecule has 3 aromatic rings. The van der Waals surface area contributed by atoms with Crippen LogP contribution in [0.25, 0.3) is 11.0 Å². The average molecular weight is 489 g/mol. The molecule has 1 aromatic carbocycles. The first-order chi connectivity index (χ1) is 17.2. The minimum atomic E-state index is -0.480. The zero-order chi connectivity index (χ0) is 25.6. The fourth-order valence-corrected chi connectivity index (χ4v) is 5.59. The van der Waals surface area contributed by atoms with Gasteiger partial charge in [-0.05, 0) is 69.9 Å². The van der Waals surface area contributed by atoms with Gasteiger partial charge >= 0.3 is 5.63 Å². The molecule has 1 saturated heterocycles. The number of rotatable bonds is 5. The van der Waals surface area contributed by atoms with Gasteiger partial charge in [0, 0.05) is 48.3 Å².